The minimum atomic E-state index is -1.41. The zero-order valence-corrected chi connectivity index (χ0v) is 14.8. The van der Waals surface area contributed by atoms with Gasteiger partial charge in [0.15, 0.2) is 0 Å². The van der Waals surface area contributed by atoms with Crippen LogP contribution >= 0.6 is 0 Å². The molecule has 0 bridgehead atoms. The topological polar surface area (TPSA) is 0 Å². The second-order valence-electron chi connectivity index (χ2n) is 6.27. The maximum absolute atomic E-state index is 4.57. The Morgan fingerprint density at radius 3 is 2.61 bits per heavy atom. The summed E-state index contributed by atoms with van der Waals surface area (Å²) in [6, 6.07) is 17.7. The summed E-state index contributed by atoms with van der Waals surface area (Å²) in [6.07, 6.45) is 12.5. The van der Waals surface area contributed by atoms with E-state index in [0.717, 1.165) is 6.42 Å². The molecule has 4 rings (SSSR count). The summed E-state index contributed by atoms with van der Waals surface area (Å²) in [5, 5.41) is 0. The van der Waals surface area contributed by atoms with Gasteiger partial charge in [-0.2, -0.15) is 0 Å². The molecule has 0 heterocycles. The van der Waals surface area contributed by atoms with Gasteiger partial charge in [-0.05, 0) is 0 Å². The molecule has 0 amide bonds. The minimum absolute atomic E-state index is 0.407. The van der Waals surface area contributed by atoms with Crippen LogP contribution in [0.1, 0.15) is 34.6 Å². The molecule has 0 saturated carbocycles. The quantitative estimate of drug-likeness (QED) is 0.672. The second-order valence-corrected chi connectivity index (χ2v) is 9.71. The summed E-state index contributed by atoms with van der Waals surface area (Å²) in [4.78, 5) is 4.57. The van der Waals surface area contributed by atoms with E-state index in [1.54, 1.807) is 3.88 Å². The van der Waals surface area contributed by atoms with E-state index >= 15 is 0 Å². The van der Waals surface area contributed by atoms with Crippen molar-refractivity contribution < 1.29 is 17.4 Å². The Morgan fingerprint density at radius 2 is 1.78 bits per heavy atom. The van der Waals surface area contributed by atoms with E-state index in [1.807, 2.05) is 0 Å². The van der Waals surface area contributed by atoms with Crippen molar-refractivity contribution in [1.29, 1.82) is 0 Å². The zero-order chi connectivity index (χ0) is 15.6. The van der Waals surface area contributed by atoms with Crippen LogP contribution in [0.3, 0.4) is 0 Å². The van der Waals surface area contributed by atoms with Crippen molar-refractivity contribution in [3.63, 3.8) is 0 Å². The molecule has 1 atom stereocenters. The van der Waals surface area contributed by atoms with Gasteiger partial charge in [-0.3, -0.25) is 0 Å². The first-order valence-corrected chi connectivity index (χ1v) is 11.2. The fourth-order valence-corrected chi connectivity index (χ4v) is 6.30. The van der Waals surface area contributed by atoms with Crippen LogP contribution < -0.4 is 0 Å². The molecule has 0 spiro atoms. The van der Waals surface area contributed by atoms with Crippen LogP contribution in [-0.4, -0.2) is 4.82 Å². The van der Waals surface area contributed by atoms with E-state index in [4.69, 9.17) is 0 Å². The van der Waals surface area contributed by atoms with Crippen molar-refractivity contribution in [1.82, 2.24) is 0 Å². The molecule has 2 aromatic rings. The second kappa shape index (κ2) is 6.39. The molecule has 0 radical (unpaired) electrons. The first kappa shape index (κ1) is 14.8. The molecule has 0 N–H and O–H groups in total. The standard InChI is InChI=1S/C16H13.C5H5.CH2.Ti/c1-12-6-2-4-8-14(12)16-11-10-13-7-3-5-9-15(13)16;1-2-4-5-3-1;;/h2-11,16H,1H2;1-3H,4H2;1H2;. The van der Waals surface area contributed by atoms with Crippen molar-refractivity contribution in [2.75, 3.05) is 0 Å². The van der Waals surface area contributed by atoms with Gasteiger partial charge in [-0.25, -0.2) is 0 Å². The molecule has 0 fully saturated rings. The first-order chi connectivity index (χ1) is 11.3. The van der Waals surface area contributed by atoms with E-state index in [-0.39, 0.29) is 0 Å². The van der Waals surface area contributed by atoms with Gasteiger partial charge in [0.25, 0.3) is 0 Å². The number of benzene rings is 2. The number of hydrogen-bond acceptors (Lipinski definition) is 0. The molecule has 1 unspecified atom stereocenters. The van der Waals surface area contributed by atoms with Crippen molar-refractivity contribution in [2.24, 2.45) is 0 Å². The average molecular weight is 332 g/mol. The van der Waals surface area contributed by atoms with Crippen molar-refractivity contribution in [3.05, 3.63) is 99.0 Å². The summed E-state index contributed by atoms with van der Waals surface area (Å²) >= 11 is -1.41. The van der Waals surface area contributed by atoms with Crippen LogP contribution in [-0.2, 0) is 22.1 Å². The fraction of sp³-hybridized carbons (Fsp3) is 0.136. The molecule has 112 valence electrons. The van der Waals surface area contributed by atoms with E-state index in [1.165, 1.54) is 27.0 Å². The fourth-order valence-electron chi connectivity index (χ4n) is 3.57. The van der Waals surface area contributed by atoms with Gasteiger partial charge >= 0.3 is 144 Å². The molecular weight excluding hydrogens is 312 g/mol. The third-order valence-corrected chi connectivity index (χ3v) is 8.08. The summed E-state index contributed by atoms with van der Waals surface area (Å²) < 4.78 is 2.79. The Bertz CT molecular complexity index is 852. The molecule has 0 aromatic heterocycles. The molecule has 0 saturated heterocycles. The van der Waals surface area contributed by atoms with Crippen molar-refractivity contribution >= 4 is 10.9 Å². The molecular formula is C22H20Ti. The molecule has 0 aliphatic heterocycles. The van der Waals surface area contributed by atoms with Crippen LogP contribution in [0.2, 0.25) is 0 Å². The Balaban J connectivity index is 1.66. The Labute approximate surface area is 144 Å². The van der Waals surface area contributed by atoms with Gasteiger partial charge in [0.2, 0.25) is 0 Å². The maximum atomic E-state index is 4.57. The van der Waals surface area contributed by atoms with Gasteiger partial charge in [0, 0.05) is 0 Å². The molecule has 2 aromatic carbocycles. The van der Waals surface area contributed by atoms with E-state index < -0.39 is 17.4 Å². The first-order valence-electron chi connectivity index (χ1n) is 8.22. The Kier molecular flexibility index (Phi) is 4.12. The summed E-state index contributed by atoms with van der Waals surface area (Å²) in [6.45, 7) is 0. The van der Waals surface area contributed by atoms with Gasteiger partial charge in [0.1, 0.15) is 0 Å². The average Bonchev–Trinajstić information content (AvgIpc) is 3.25. The number of allylic oxidation sites excluding steroid dienone is 5. The Hall–Kier alpha value is -1.76. The Morgan fingerprint density at radius 1 is 1.00 bits per heavy atom. The zero-order valence-electron chi connectivity index (χ0n) is 13.2. The monoisotopic (exact) mass is 332 g/mol. The summed E-state index contributed by atoms with van der Waals surface area (Å²) in [5.41, 5.74) is 5.76. The van der Waals surface area contributed by atoms with Crippen LogP contribution in [0.25, 0.3) is 6.08 Å². The molecule has 2 aliphatic carbocycles. The van der Waals surface area contributed by atoms with Gasteiger partial charge in [-0.15, -0.1) is 0 Å². The predicted octanol–water partition coefficient (Wildman–Crippen LogP) is 5.24. The molecule has 0 nitrogen and oxygen atoms in total. The van der Waals surface area contributed by atoms with Gasteiger partial charge in [0.05, 0.1) is 0 Å². The van der Waals surface area contributed by atoms with Gasteiger partial charge < -0.3 is 0 Å². The SMILES string of the molecule is [CH2]=[Ti]([CH2]c1ccccc1C1C=Cc2ccccc21)[C]1=CC=CC1. The molecule has 1 heteroatoms. The number of fused-ring (bicyclic) bond motifs is 1. The van der Waals surface area contributed by atoms with Crippen molar-refractivity contribution in [2.45, 2.75) is 17.1 Å². The van der Waals surface area contributed by atoms with Crippen LogP contribution in [0.4, 0.5) is 0 Å². The van der Waals surface area contributed by atoms with E-state index in [9.17, 15) is 0 Å². The number of hydrogen-bond donors (Lipinski definition) is 0. The van der Waals surface area contributed by atoms with Crippen LogP contribution in [0.15, 0.2) is 76.7 Å². The van der Waals surface area contributed by atoms with E-state index in [0.29, 0.717) is 5.92 Å². The van der Waals surface area contributed by atoms with Crippen LogP contribution in [0, 0.1) is 0 Å². The third-order valence-electron chi connectivity index (χ3n) is 4.82. The van der Waals surface area contributed by atoms with E-state index in [2.05, 4.69) is 83.7 Å². The summed E-state index contributed by atoms with van der Waals surface area (Å²) in [7, 11) is 0. The molecule has 2 aliphatic rings. The van der Waals surface area contributed by atoms with Crippen molar-refractivity contribution in [3.8, 4) is 0 Å². The number of rotatable bonds is 4. The van der Waals surface area contributed by atoms with Gasteiger partial charge in [-0.1, -0.05) is 0 Å². The normalized spacial score (nSPS) is 18.1. The third kappa shape index (κ3) is 2.90. The predicted molar refractivity (Wildman–Crippen MR) is 96.4 cm³/mol. The molecule has 23 heavy (non-hydrogen) atoms. The van der Waals surface area contributed by atoms with Crippen LogP contribution in [0.5, 0.6) is 0 Å². The summed E-state index contributed by atoms with van der Waals surface area (Å²) in [5.74, 6) is 0.407.